The number of hydrogen-bond donors (Lipinski definition) is 7. The highest BCUT2D eigenvalue weighted by Gasteiger charge is 2.33. The Morgan fingerprint density at radius 1 is 0.600 bits per heavy atom. The zero-order valence-corrected chi connectivity index (χ0v) is 33.2. The lowest BCUT2D eigenvalue weighted by atomic mass is 10.0. The van der Waals surface area contributed by atoms with E-state index in [9.17, 15) is 39.0 Å². The van der Waals surface area contributed by atoms with Crippen molar-refractivity contribution in [3.63, 3.8) is 0 Å². The first-order chi connectivity index (χ1) is 29.0. The number of aliphatic hydroxyl groups is 1. The van der Waals surface area contributed by atoms with Crippen LogP contribution in [0.15, 0.2) is 127 Å². The summed E-state index contributed by atoms with van der Waals surface area (Å²) >= 11 is 1.35. The minimum atomic E-state index is -1.78. The van der Waals surface area contributed by atoms with Gasteiger partial charge in [0.15, 0.2) is 0 Å². The van der Waals surface area contributed by atoms with Crippen LogP contribution in [0.3, 0.4) is 0 Å². The largest absolute Gasteiger partial charge is 0.489 e. The Morgan fingerprint density at radius 3 is 1.75 bits per heavy atom. The minimum Gasteiger partial charge on any atom is -0.489 e. The molecule has 0 radical (unpaired) electrons. The van der Waals surface area contributed by atoms with Crippen LogP contribution in [0.1, 0.15) is 33.6 Å². The highest BCUT2D eigenvalue weighted by molar-refractivity contribution is 7.09. The molecule has 1 aromatic heterocycles. The van der Waals surface area contributed by atoms with Crippen LogP contribution in [0.25, 0.3) is 0 Å². The highest BCUT2D eigenvalue weighted by atomic mass is 32.1. The number of aliphatic hydroxyl groups excluding tert-OH is 1. The van der Waals surface area contributed by atoms with Gasteiger partial charge in [-0.2, -0.15) is 0 Å². The van der Waals surface area contributed by atoms with Gasteiger partial charge < -0.3 is 41.5 Å². The number of ether oxygens (including phenoxy) is 1. The third-order valence-corrected chi connectivity index (χ3v) is 10.7. The maximum absolute atomic E-state index is 14.4. The molecule has 7 N–H and O–H groups in total. The lowest BCUT2D eigenvalue weighted by molar-refractivity contribution is -0.142. The number of benzene rings is 4. The van der Waals surface area contributed by atoms with Crippen LogP contribution in [-0.4, -0.2) is 76.0 Å². The predicted molar refractivity (Wildman–Crippen MR) is 224 cm³/mol. The molecule has 3 heterocycles. The highest BCUT2D eigenvalue weighted by Crippen LogP contribution is 2.18. The van der Waals surface area contributed by atoms with E-state index in [-0.39, 0.29) is 31.4 Å². The predicted octanol–water partition coefficient (Wildman–Crippen LogP) is 3.32. The monoisotopic (exact) mass is 831 g/mol. The van der Waals surface area contributed by atoms with Crippen LogP contribution in [0.5, 0.6) is 5.75 Å². The SMILES string of the molecule is O=C1C[C@@H](O)C(=O)Nc2ccc(cc2)C[C@@H](C(=O)O)NC(=O)[C@@H](Cc2ccccc2)NC(=O)[C@H](Cc2ccc(OCc3ccccc3)cc2)NC(=O)[C@@H](Cc2cccs2)N1. The molecule has 0 unspecified atom stereocenters. The number of carbonyl (C=O) groups excluding carboxylic acids is 5. The second-order valence-corrected chi connectivity index (χ2v) is 15.4. The summed E-state index contributed by atoms with van der Waals surface area (Å²) < 4.78 is 5.93. The lowest BCUT2D eigenvalue weighted by Gasteiger charge is -2.26. The van der Waals surface area contributed by atoms with Gasteiger partial charge in [0, 0.05) is 36.2 Å². The summed E-state index contributed by atoms with van der Waals surface area (Å²) in [7, 11) is 0. The van der Waals surface area contributed by atoms with Crippen molar-refractivity contribution in [2.24, 2.45) is 0 Å². The van der Waals surface area contributed by atoms with Gasteiger partial charge in [-0.1, -0.05) is 91.0 Å². The van der Waals surface area contributed by atoms with E-state index in [2.05, 4.69) is 26.6 Å². The molecule has 0 saturated carbocycles. The van der Waals surface area contributed by atoms with E-state index in [4.69, 9.17) is 4.74 Å². The summed E-state index contributed by atoms with van der Waals surface area (Å²) in [6.07, 6.45) is -2.62. The van der Waals surface area contributed by atoms with Gasteiger partial charge in [0.1, 0.15) is 42.6 Å². The van der Waals surface area contributed by atoms with E-state index < -0.39 is 72.2 Å². The van der Waals surface area contributed by atoms with Crippen molar-refractivity contribution in [1.82, 2.24) is 21.3 Å². The smallest absolute Gasteiger partial charge is 0.326 e. The number of rotatable bonds is 10. The Bertz CT molecular complexity index is 2240. The number of hydrogen-bond acceptors (Lipinski definition) is 9. The van der Waals surface area contributed by atoms with Crippen molar-refractivity contribution in [2.45, 2.75) is 69.0 Å². The van der Waals surface area contributed by atoms with Crippen LogP contribution in [0.4, 0.5) is 5.69 Å². The third-order valence-electron chi connectivity index (χ3n) is 9.75. The second-order valence-electron chi connectivity index (χ2n) is 14.3. The molecule has 2 bridgehead atoms. The van der Waals surface area contributed by atoms with Crippen molar-refractivity contribution in [1.29, 1.82) is 0 Å². The topological polar surface area (TPSA) is 212 Å². The zero-order chi connectivity index (χ0) is 42.4. The van der Waals surface area contributed by atoms with Gasteiger partial charge >= 0.3 is 5.97 Å². The molecule has 14 nitrogen and oxygen atoms in total. The van der Waals surface area contributed by atoms with Gasteiger partial charge in [-0.15, -0.1) is 11.3 Å². The van der Waals surface area contributed by atoms with Crippen molar-refractivity contribution < 1.29 is 43.7 Å². The summed E-state index contributed by atoms with van der Waals surface area (Å²) in [5, 5.41) is 35.9. The molecule has 4 aromatic carbocycles. The number of amides is 5. The van der Waals surface area contributed by atoms with E-state index in [1.165, 1.54) is 23.5 Å². The molecule has 2 aliphatic rings. The van der Waals surface area contributed by atoms with E-state index >= 15 is 0 Å². The molecule has 5 amide bonds. The maximum atomic E-state index is 14.4. The first-order valence-electron chi connectivity index (χ1n) is 19.3. The van der Waals surface area contributed by atoms with Gasteiger partial charge in [-0.05, 0) is 58.0 Å². The van der Waals surface area contributed by atoms with Gasteiger partial charge in [0.05, 0.1) is 6.42 Å². The number of thiophene rings is 1. The van der Waals surface area contributed by atoms with Gasteiger partial charge in [-0.25, -0.2) is 4.79 Å². The number of anilines is 1. The standard InChI is InChI=1S/C45H45N5O9S/c51-39-26-40(52)47-37(25-34-12-7-21-60-34)43(55)49-36(23-30-15-19-33(20-16-30)59-27-31-10-5-2-6-11-31)41(53)48-35(22-28-8-3-1-4-9-28)42(54)50-38(45(57)58)24-29-13-17-32(18-14-29)46-44(39)56/h1-21,35-39,51H,22-27H2,(H,46,56)(H,47,52)(H,48,53)(H,49,55)(H,50,54)(H,57,58)/t35-,36+,37-,38+,39-/m1/s1. The Kier molecular flexibility index (Phi) is 14.8. The van der Waals surface area contributed by atoms with Crippen LogP contribution in [0.2, 0.25) is 0 Å². The number of nitrogens with one attached hydrogen (secondary N) is 5. The van der Waals surface area contributed by atoms with Crippen LogP contribution >= 0.6 is 11.3 Å². The quantitative estimate of drug-likeness (QED) is 0.103. The van der Waals surface area contributed by atoms with Crippen LogP contribution in [-0.2, 0) is 61.1 Å². The fraction of sp³-hybridized carbons (Fsp3) is 0.244. The van der Waals surface area contributed by atoms with E-state index in [1.54, 1.807) is 84.2 Å². The molecule has 15 heteroatoms. The normalized spacial score (nSPS) is 20.7. The number of carboxylic acid groups (broad SMARTS) is 1. The average Bonchev–Trinajstić information content (AvgIpc) is 3.76. The Balaban J connectivity index is 1.32. The molecular weight excluding hydrogens is 787 g/mol. The number of carbonyl (C=O) groups is 6. The van der Waals surface area contributed by atoms with Gasteiger partial charge in [-0.3, -0.25) is 24.0 Å². The van der Waals surface area contributed by atoms with Crippen LogP contribution in [0, 0.1) is 0 Å². The Morgan fingerprint density at radius 2 is 1.17 bits per heavy atom. The molecule has 0 fully saturated rings. The fourth-order valence-corrected chi connectivity index (χ4v) is 7.28. The van der Waals surface area contributed by atoms with E-state index in [0.717, 1.165) is 10.4 Å². The Hall–Kier alpha value is -6.84. The molecule has 0 saturated heterocycles. The van der Waals surface area contributed by atoms with Gasteiger partial charge in [0.25, 0.3) is 5.91 Å². The molecule has 0 aliphatic carbocycles. The summed E-state index contributed by atoms with van der Waals surface area (Å²) in [5.74, 6) is -4.66. The first kappa shape index (κ1) is 42.8. The third kappa shape index (κ3) is 12.6. The first-order valence-corrected chi connectivity index (χ1v) is 20.2. The van der Waals surface area contributed by atoms with Crippen LogP contribution < -0.4 is 31.3 Å². The molecule has 2 aliphatic heterocycles. The van der Waals surface area contributed by atoms with Crippen molar-refractivity contribution in [3.05, 3.63) is 154 Å². The van der Waals surface area contributed by atoms with Gasteiger partial charge in [0.2, 0.25) is 23.6 Å². The summed E-state index contributed by atoms with van der Waals surface area (Å²) in [6.45, 7) is 0.333. The molecular formula is C45H45N5O9S. The average molecular weight is 832 g/mol. The second kappa shape index (κ2) is 20.7. The Labute approximate surface area is 350 Å². The number of carboxylic acids is 1. The summed E-state index contributed by atoms with van der Waals surface area (Å²) in [4.78, 5) is 82.0. The zero-order valence-electron chi connectivity index (χ0n) is 32.4. The van der Waals surface area contributed by atoms with E-state index in [0.29, 0.717) is 29.0 Å². The number of fused-ring (bicyclic) bond motifs is 18. The van der Waals surface area contributed by atoms with Crippen molar-refractivity contribution in [3.8, 4) is 5.75 Å². The maximum Gasteiger partial charge on any atom is 0.326 e. The lowest BCUT2D eigenvalue weighted by Crippen LogP contribution is -2.59. The minimum absolute atomic E-state index is 0.00729. The van der Waals surface area contributed by atoms with Crippen molar-refractivity contribution >= 4 is 52.5 Å². The molecule has 5 atom stereocenters. The molecule has 310 valence electrons. The fourth-order valence-electron chi connectivity index (χ4n) is 6.53. The molecule has 60 heavy (non-hydrogen) atoms. The van der Waals surface area contributed by atoms with E-state index in [1.807, 2.05) is 30.3 Å². The molecule has 0 spiro atoms. The summed E-state index contributed by atoms with van der Waals surface area (Å²) in [5.41, 5.74) is 3.06. The molecule has 7 rings (SSSR count). The number of aliphatic carboxylic acids is 1. The summed E-state index contributed by atoms with van der Waals surface area (Å²) in [6, 6.07) is 29.9. The van der Waals surface area contributed by atoms with Crippen molar-refractivity contribution in [2.75, 3.05) is 5.32 Å². The molecule has 5 aromatic rings.